The zero-order chi connectivity index (χ0) is 19.5. The van der Waals surface area contributed by atoms with Gasteiger partial charge in [-0.2, -0.15) is 0 Å². The van der Waals surface area contributed by atoms with Crippen LogP contribution in [0.15, 0.2) is 43.1 Å². The fraction of sp³-hybridized carbons (Fsp3) is 0.263. The second kappa shape index (κ2) is 7.63. The molecule has 1 aliphatic heterocycles. The van der Waals surface area contributed by atoms with E-state index in [4.69, 9.17) is 0 Å². The molecule has 3 heterocycles. The molecule has 28 heavy (non-hydrogen) atoms. The first kappa shape index (κ1) is 17.9. The third-order valence-electron chi connectivity index (χ3n) is 4.68. The summed E-state index contributed by atoms with van der Waals surface area (Å²) in [7, 11) is 0. The summed E-state index contributed by atoms with van der Waals surface area (Å²) in [4.78, 5) is 26.8. The maximum absolute atomic E-state index is 13.1. The lowest BCUT2D eigenvalue weighted by Crippen LogP contribution is -2.40. The monoisotopic (exact) mass is 379 g/mol. The molecule has 1 amide bonds. The third kappa shape index (κ3) is 3.64. The average Bonchev–Trinajstić information content (AvgIpc) is 3.21. The highest BCUT2D eigenvalue weighted by molar-refractivity contribution is 5.97. The Morgan fingerprint density at radius 3 is 2.82 bits per heavy atom. The van der Waals surface area contributed by atoms with E-state index in [1.165, 1.54) is 6.33 Å². The van der Waals surface area contributed by atoms with Crippen molar-refractivity contribution < 1.29 is 9.18 Å². The summed E-state index contributed by atoms with van der Waals surface area (Å²) in [5.41, 5.74) is 2.29. The van der Waals surface area contributed by atoms with Crippen LogP contribution in [-0.2, 0) is 4.79 Å². The number of amides is 1. The first-order valence-corrected chi connectivity index (χ1v) is 8.90. The zero-order valence-corrected chi connectivity index (χ0v) is 15.2. The molecule has 1 aliphatic rings. The number of carbonyl (C=O) groups excluding carboxylic acids is 1. The predicted octanol–water partition coefficient (Wildman–Crippen LogP) is 2.38. The van der Waals surface area contributed by atoms with E-state index in [1.54, 1.807) is 12.3 Å². The molecule has 8 nitrogen and oxygen atoms in total. The maximum Gasteiger partial charge on any atom is 0.247 e. The minimum atomic E-state index is -0.495. The van der Waals surface area contributed by atoms with E-state index in [0.717, 1.165) is 42.9 Å². The van der Waals surface area contributed by atoms with Gasteiger partial charge in [-0.25, -0.2) is 19.3 Å². The second-order valence-electron chi connectivity index (χ2n) is 6.56. The molecule has 4 rings (SSSR count). The summed E-state index contributed by atoms with van der Waals surface area (Å²) in [5.74, 6) is 0.372. The molecule has 1 saturated heterocycles. The fourth-order valence-electron chi connectivity index (χ4n) is 3.30. The molecule has 0 spiro atoms. The second-order valence-corrected chi connectivity index (χ2v) is 6.56. The summed E-state index contributed by atoms with van der Waals surface area (Å²) in [6.45, 7) is 2.63. The van der Waals surface area contributed by atoms with Crippen molar-refractivity contribution in [2.45, 2.75) is 25.8 Å². The highest BCUT2D eigenvalue weighted by atomic mass is 19.1. The summed E-state index contributed by atoms with van der Waals surface area (Å²) < 4.78 is 13.1. The van der Waals surface area contributed by atoms with Crippen molar-refractivity contribution in [3.63, 3.8) is 0 Å². The molecule has 142 valence electrons. The van der Waals surface area contributed by atoms with Gasteiger partial charge in [0.2, 0.25) is 5.91 Å². The van der Waals surface area contributed by atoms with Crippen molar-refractivity contribution in [3.8, 4) is 11.4 Å². The SMILES string of the molecule is Cc1ccc(NC(=O)C2CCCN2c2cncnn2)cc1-c1ncc(F)cn1. The molecule has 1 fully saturated rings. The van der Waals surface area contributed by atoms with E-state index in [2.05, 4.69) is 30.5 Å². The van der Waals surface area contributed by atoms with Crippen LogP contribution >= 0.6 is 0 Å². The number of hydrogen-bond acceptors (Lipinski definition) is 7. The molecule has 1 atom stereocenters. The molecule has 9 heteroatoms. The Bertz CT molecular complexity index is 981. The molecule has 0 radical (unpaired) electrons. The fourth-order valence-corrected chi connectivity index (χ4v) is 3.30. The highest BCUT2D eigenvalue weighted by Crippen LogP contribution is 2.26. The van der Waals surface area contributed by atoms with Crippen LogP contribution in [0.2, 0.25) is 0 Å². The van der Waals surface area contributed by atoms with Crippen LogP contribution in [0.25, 0.3) is 11.4 Å². The van der Waals surface area contributed by atoms with E-state index < -0.39 is 5.82 Å². The number of halogens is 1. The van der Waals surface area contributed by atoms with Crippen LogP contribution in [0, 0.1) is 12.7 Å². The number of benzene rings is 1. The summed E-state index contributed by atoms with van der Waals surface area (Å²) in [6.07, 6.45) is 6.82. The van der Waals surface area contributed by atoms with Gasteiger partial charge < -0.3 is 10.2 Å². The maximum atomic E-state index is 13.1. The van der Waals surface area contributed by atoms with Gasteiger partial charge in [0.15, 0.2) is 17.5 Å². The lowest BCUT2D eigenvalue weighted by molar-refractivity contribution is -0.117. The molecule has 0 saturated carbocycles. The van der Waals surface area contributed by atoms with Gasteiger partial charge in [-0.1, -0.05) is 6.07 Å². The van der Waals surface area contributed by atoms with Crippen LogP contribution in [-0.4, -0.2) is 43.6 Å². The summed E-state index contributed by atoms with van der Waals surface area (Å²) >= 11 is 0. The lowest BCUT2D eigenvalue weighted by Gasteiger charge is -2.24. The van der Waals surface area contributed by atoms with Crippen LogP contribution in [0.5, 0.6) is 0 Å². The van der Waals surface area contributed by atoms with Gasteiger partial charge in [-0.05, 0) is 37.5 Å². The van der Waals surface area contributed by atoms with Gasteiger partial charge in [0.1, 0.15) is 12.4 Å². The van der Waals surface area contributed by atoms with Gasteiger partial charge in [0.05, 0.1) is 18.6 Å². The molecule has 0 bridgehead atoms. The van der Waals surface area contributed by atoms with E-state index in [1.807, 2.05) is 24.0 Å². The van der Waals surface area contributed by atoms with Gasteiger partial charge in [-0.3, -0.25) is 4.79 Å². The molecule has 2 aromatic heterocycles. The Balaban J connectivity index is 1.55. The summed E-state index contributed by atoms with van der Waals surface area (Å²) in [5, 5.41) is 10.8. The first-order chi connectivity index (χ1) is 13.6. The number of nitrogens with one attached hydrogen (secondary N) is 1. The van der Waals surface area contributed by atoms with Crippen LogP contribution < -0.4 is 10.2 Å². The number of aryl methyl sites for hydroxylation is 1. The number of aromatic nitrogens is 5. The summed E-state index contributed by atoms with van der Waals surface area (Å²) in [6, 6.07) is 5.15. The molecule has 1 aromatic carbocycles. The van der Waals surface area contributed by atoms with Crippen molar-refractivity contribution in [3.05, 3.63) is 54.5 Å². The van der Waals surface area contributed by atoms with Gasteiger partial charge >= 0.3 is 0 Å². The lowest BCUT2D eigenvalue weighted by atomic mass is 10.1. The van der Waals surface area contributed by atoms with Crippen molar-refractivity contribution in [2.75, 3.05) is 16.8 Å². The normalized spacial score (nSPS) is 16.2. The highest BCUT2D eigenvalue weighted by Gasteiger charge is 2.32. The van der Waals surface area contributed by atoms with E-state index >= 15 is 0 Å². The van der Waals surface area contributed by atoms with Crippen LogP contribution in [0.4, 0.5) is 15.9 Å². The quantitative estimate of drug-likeness (QED) is 0.743. The van der Waals surface area contributed by atoms with E-state index in [-0.39, 0.29) is 11.9 Å². The number of nitrogens with zero attached hydrogens (tertiary/aromatic N) is 6. The number of anilines is 2. The Morgan fingerprint density at radius 1 is 1.25 bits per heavy atom. The number of hydrogen-bond donors (Lipinski definition) is 1. The topological polar surface area (TPSA) is 96.8 Å². The molecule has 1 unspecified atom stereocenters. The largest absolute Gasteiger partial charge is 0.342 e. The van der Waals surface area contributed by atoms with Crippen molar-refractivity contribution in [2.24, 2.45) is 0 Å². The smallest absolute Gasteiger partial charge is 0.247 e. The Morgan fingerprint density at radius 2 is 2.07 bits per heavy atom. The Kier molecular flexibility index (Phi) is 4.88. The van der Waals surface area contributed by atoms with Gasteiger partial charge in [0.25, 0.3) is 0 Å². The van der Waals surface area contributed by atoms with Crippen molar-refractivity contribution >= 4 is 17.4 Å². The Hall–Kier alpha value is -3.49. The predicted molar refractivity (Wildman–Crippen MR) is 101 cm³/mol. The van der Waals surface area contributed by atoms with Gasteiger partial charge in [0, 0.05) is 17.8 Å². The van der Waals surface area contributed by atoms with E-state index in [0.29, 0.717) is 17.3 Å². The minimum absolute atomic E-state index is 0.127. The van der Waals surface area contributed by atoms with Crippen LogP contribution in [0.1, 0.15) is 18.4 Å². The molecule has 1 N–H and O–H groups in total. The number of carbonyl (C=O) groups is 1. The standard InChI is InChI=1S/C19H18FN7O/c1-12-4-5-14(7-15(12)18-22-8-13(20)9-23-18)25-19(28)16-3-2-6-27(16)17-10-21-11-24-26-17/h4-5,7-11,16H,2-3,6H2,1H3,(H,25,28). The minimum Gasteiger partial charge on any atom is -0.342 e. The third-order valence-corrected chi connectivity index (χ3v) is 4.68. The molecule has 0 aliphatic carbocycles. The zero-order valence-electron chi connectivity index (χ0n) is 15.2. The first-order valence-electron chi connectivity index (χ1n) is 8.90. The molecule has 3 aromatic rings. The van der Waals surface area contributed by atoms with E-state index in [9.17, 15) is 9.18 Å². The molecular formula is C19H18FN7O. The van der Waals surface area contributed by atoms with Crippen molar-refractivity contribution in [1.82, 2.24) is 25.1 Å². The average molecular weight is 379 g/mol. The molecular weight excluding hydrogens is 361 g/mol. The van der Waals surface area contributed by atoms with Gasteiger partial charge in [-0.15, -0.1) is 10.2 Å². The van der Waals surface area contributed by atoms with Crippen molar-refractivity contribution in [1.29, 1.82) is 0 Å². The van der Waals surface area contributed by atoms with Crippen LogP contribution in [0.3, 0.4) is 0 Å². The number of rotatable bonds is 4. The Labute approximate surface area is 160 Å².